The molecule has 2 fully saturated rings. The van der Waals surface area contributed by atoms with Gasteiger partial charge in [0.25, 0.3) is 0 Å². The summed E-state index contributed by atoms with van der Waals surface area (Å²) in [6.07, 6.45) is 3.57. The Morgan fingerprint density at radius 2 is 1.92 bits per heavy atom. The molecule has 1 aromatic carbocycles. The molecular formula is C18H24ClN3O2. The third kappa shape index (κ3) is 4.08. The molecule has 0 radical (unpaired) electrons. The van der Waals surface area contributed by atoms with Crippen LogP contribution in [0.1, 0.15) is 31.2 Å². The Balaban J connectivity index is 1.60. The Morgan fingerprint density at radius 3 is 2.67 bits per heavy atom. The van der Waals surface area contributed by atoms with E-state index in [-0.39, 0.29) is 18.2 Å². The van der Waals surface area contributed by atoms with Gasteiger partial charge in [0, 0.05) is 37.7 Å². The van der Waals surface area contributed by atoms with E-state index < -0.39 is 6.04 Å². The van der Waals surface area contributed by atoms with Crippen molar-refractivity contribution in [3.8, 4) is 0 Å². The summed E-state index contributed by atoms with van der Waals surface area (Å²) in [5.74, 6) is 0.0756. The molecule has 24 heavy (non-hydrogen) atoms. The van der Waals surface area contributed by atoms with Crippen molar-refractivity contribution in [3.05, 3.63) is 34.9 Å². The Labute approximate surface area is 147 Å². The zero-order chi connectivity index (χ0) is 16.9. The van der Waals surface area contributed by atoms with Crippen molar-refractivity contribution in [1.29, 1.82) is 0 Å². The fourth-order valence-electron chi connectivity index (χ4n) is 3.39. The molecule has 0 aromatic heterocycles. The number of nitrogens with zero attached hydrogens (tertiary/aromatic N) is 2. The number of amides is 2. The van der Waals surface area contributed by atoms with Crippen LogP contribution < -0.4 is 5.32 Å². The Morgan fingerprint density at radius 1 is 1.17 bits per heavy atom. The topological polar surface area (TPSA) is 52.7 Å². The first-order chi connectivity index (χ1) is 11.6. The van der Waals surface area contributed by atoms with E-state index >= 15 is 0 Å². The lowest BCUT2D eigenvalue weighted by Crippen LogP contribution is -2.56. The highest BCUT2D eigenvalue weighted by Gasteiger charge is 2.31. The maximum atomic E-state index is 12.7. The molecule has 6 heteroatoms. The van der Waals surface area contributed by atoms with Crippen LogP contribution in [-0.2, 0) is 16.1 Å². The number of piperazine rings is 1. The molecule has 1 unspecified atom stereocenters. The Bertz CT molecular complexity index is 602. The zero-order valence-corrected chi connectivity index (χ0v) is 14.6. The third-order valence-electron chi connectivity index (χ3n) is 4.79. The Kier molecular flexibility index (Phi) is 5.74. The van der Waals surface area contributed by atoms with Gasteiger partial charge < -0.3 is 15.1 Å². The second kappa shape index (κ2) is 7.99. The minimum absolute atomic E-state index is 0.00784. The van der Waals surface area contributed by atoms with E-state index in [2.05, 4.69) is 5.32 Å². The first-order valence-electron chi connectivity index (χ1n) is 8.68. The van der Waals surface area contributed by atoms with E-state index in [4.69, 9.17) is 11.6 Å². The van der Waals surface area contributed by atoms with Gasteiger partial charge in [0.05, 0.1) is 12.5 Å². The normalized spacial score (nSPS) is 21.9. The van der Waals surface area contributed by atoms with Crippen LogP contribution in [0.15, 0.2) is 24.3 Å². The second-order valence-electron chi connectivity index (χ2n) is 6.50. The van der Waals surface area contributed by atoms with E-state index in [1.165, 1.54) is 6.42 Å². The van der Waals surface area contributed by atoms with Gasteiger partial charge in [-0.1, -0.05) is 29.8 Å². The second-order valence-corrected chi connectivity index (χ2v) is 6.91. The fraction of sp³-hybridized carbons (Fsp3) is 0.556. The fourth-order valence-corrected chi connectivity index (χ4v) is 3.58. The predicted octanol–water partition coefficient (Wildman–Crippen LogP) is 2.04. The van der Waals surface area contributed by atoms with Crippen LogP contribution in [0.2, 0.25) is 5.02 Å². The van der Waals surface area contributed by atoms with Gasteiger partial charge in [-0.2, -0.15) is 0 Å². The van der Waals surface area contributed by atoms with Gasteiger partial charge in [-0.15, -0.1) is 0 Å². The molecular weight excluding hydrogens is 326 g/mol. The van der Waals surface area contributed by atoms with Gasteiger partial charge in [-0.3, -0.25) is 9.59 Å². The maximum absolute atomic E-state index is 12.7. The molecule has 2 saturated heterocycles. The number of likely N-dealkylation sites (tertiary alicyclic amines) is 1. The number of rotatable bonds is 4. The summed E-state index contributed by atoms with van der Waals surface area (Å²) in [5.41, 5.74) is 0.940. The van der Waals surface area contributed by atoms with Crippen LogP contribution in [0.4, 0.5) is 0 Å². The van der Waals surface area contributed by atoms with Crippen molar-refractivity contribution in [2.45, 2.75) is 38.3 Å². The molecule has 2 amide bonds. The molecule has 0 bridgehead atoms. The average Bonchev–Trinajstić information content (AvgIpc) is 2.61. The average molecular weight is 350 g/mol. The van der Waals surface area contributed by atoms with Crippen molar-refractivity contribution in [2.75, 3.05) is 26.2 Å². The summed E-state index contributed by atoms with van der Waals surface area (Å²) in [7, 11) is 0. The lowest BCUT2D eigenvalue weighted by atomic mass is 10.1. The van der Waals surface area contributed by atoms with Crippen molar-refractivity contribution >= 4 is 23.4 Å². The van der Waals surface area contributed by atoms with E-state index in [0.717, 1.165) is 31.5 Å². The van der Waals surface area contributed by atoms with Crippen LogP contribution in [0.25, 0.3) is 0 Å². The number of hydrogen-bond donors (Lipinski definition) is 1. The van der Waals surface area contributed by atoms with Crippen LogP contribution in [-0.4, -0.2) is 53.8 Å². The summed E-state index contributed by atoms with van der Waals surface area (Å²) in [5, 5.41) is 3.87. The highest BCUT2D eigenvalue weighted by atomic mass is 35.5. The molecule has 1 atom stereocenters. The van der Waals surface area contributed by atoms with Gasteiger partial charge >= 0.3 is 0 Å². The quantitative estimate of drug-likeness (QED) is 0.905. The summed E-state index contributed by atoms with van der Waals surface area (Å²) in [6.45, 7) is 3.48. The van der Waals surface area contributed by atoms with Gasteiger partial charge in [0.1, 0.15) is 0 Å². The summed E-state index contributed by atoms with van der Waals surface area (Å²) < 4.78 is 0. The van der Waals surface area contributed by atoms with Crippen LogP contribution in [0, 0.1) is 0 Å². The minimum atomic E-state index is -0.421. The lowest BCUT2D eigenvalue weighted by molar-refractivity contribution is -0.141. The molecule has 1 N–H and O–H groups in total. The van der Waals surface area contributed by atoms with Gasteiger partial charge in [-0.25, -0.2) is 0 Å². The summed E-state index contributed by atoms with van der Waals surface area (Å²) >= 11 is 6.20. The van der Waals surface area contributed by atoms with E-state index in [1.807, 2.05) is 29.2 Å². The maximum Gasteiger partial charge on any atom is 0.240 e. The molecule has 3 rings (SSSR count). The van der Waals surface area contributed by atoms with Crippen molar-refractivity contribution in [3.63, 3.8) is 0 Å². The standard InChI is InChI=1S/C18H24ClN3O2/c19-15-7-3-2-6-14(15)13-22-11-8-20-16(18(22)24)12-17(23)21-9-4-1-5-10-21/h2-3,6-7,16,20H,1,4-5,8-13H2. The molecule has 2 aliphatic heterocycles. The van der Waals surface area contributed by atoms with Crippen LogP contribution >= 0.6 is 11.6 Å². The summed E-state index contributed by atoms with van der Waals surface area (Å²) in [4.78, 5) is 28.8. The van der Waals surface area contributed by atoms with E-state index in [0.29, 0.717) is 24.7 Å². The molecule has 0 spiro atoms. The first-order valence-corrected chi connectivity index (χ1v) is 9.06. The van der Waals surface area contributed by atoms with Crippen molar-refractivity contribution in [2.24, 2.45) is 0 Å². The van der Waals surface area contributed by atoms with Gasteiger partial charge in [0.2, 0.25) is 11.8 Å². The smallest absolute Gasteiger partial charge is 0.240 e. The molecule has 5 nitrogen and oxygen atoms in total. The largest absolute Gasteiger partial charge is 0.343 e. The molecule has 1 aromatic rings. The first kappa shape index (κ1) is 17.2. The number of carbonyl (C=O) groups is 2. The number of halogens is 1. The number of carbonyl (C=O) groups excluding carboxylic acids is 2. The van der Waals surface area contributed by atoms with E-state index in [9.17, 15) is 9.59 Å². The monoisotopic (exact) mass is 349 g/mol. The van der Waals surface area contributed by atoms with E-state index in [1.54, 1.807) is 4.90 Å². The SMILES string of the molecule is O=C(CC1NCCN(Cc2ccccc2Cl)C1=O)N1CCCCC1. The number of nitrogens with one attached hydrogen (secondary N) is 1. The highest BCUT2D eigenvalue weighted by molar-refractivity contribution is 6.31. The Hall–Kier alpha value is -1.59. The molecule has 2 aliphatic rings. The number of piperidine rings is 1. The lowest BCUT2D eigenvalue weighted by Gasteiger charge is -2.34. The highest BCUT2D eigenvalue weighted by Crippen LogP contribution is 2.19. The molecule has 2 heterocycles. The molecule has 0 aliphatic carbocycles. The minimum Gasteiger partial charge on any atom is -0.343 e. The van der Waals surface area contributed by atoms with Crippen LogP contribution in [0.5, 0.6) is 0 Å². The van der Waals surface area contributed by atoms with Crippen molar-refractivity contribution in [1.82, 2.24) is 15.1 Å². The third-order valence-corrected chi connectivity index (χ3v) is 5.16. The van der Waals surface area contributed by atoms with Gasteiger partial charge in [-0.05, 0) is 30.9 Å². The van der Waals surface area contributed by atoms with Crippen molar-refractivity contribution < 1.29 is 9.59 Å². The number of hydrogen-bond acceptors (Lipinski definition) is 3. The van der Waals surface area contributed by atoms with Crippen LogP contribution in [0.3, 0.4) is 0 Å². The molecule has 0 saturated carbocycles. The number of benzene rings is 1. The zero-order valence-electron chi connectivity index (χ0n) is 13.8. The predicted molar refractivity (Wildman–Crippen MR) is 93.7 cm³/mol. The molecule has 130 valence electrons. The van der Waals surface area contributed by atoms with Gasteiger partial charge in [0.15, 0.2) is 0 Å². The summed E-state index contributed by atoms with van der Waals surface area (Å²) in [6, 6.07) is 7.15.